The molecule has 2 aliphatic heterocycles. The number of hydrogen-bond acceptors (Lipinski definition) is 6. The molecule has 26 heavy (non-hydrogen) atoms. The molecule has 0 N–H and O–H groups in total. The molecule has 0 atom stereocenters. The molecule has 1 saturated heterocycles. The largest absolute Gasteiger partial charge is 0.378 e. The molecule has 1 fully saturated rings. The van der Waals surface area contributed by atoms with Gasteiger partial charge in [-0.1, -0.05) is 0 Å². The van der Waals surface area contributed by atoms with Crippen LogP contribution < -0.4 is 4.90 Å². The predicted molar refractivity (Wildman–Crippen MR) is 92.6 cm³/mol. The minimum atomic E-state index is -0.590. The van der Waals surface area contributed by atoms with Crippen LogP contribution in [0.25, 0.3) is 0 Å². The molecule has 4 rings (SSSR count). The van der Waals surface area contributed by atoms with Crippen molar-refractivity contribution in [2.24, 2.45) is 0 Å². The van der Waals surface area contributed by atoms with Crippen LogP contribution in [0.15, 0.2) is 24.8 Å². The number of amides is 1. The van der Waals surface area contributed by atoms with E-state index in [4.69, 9.17) is 4.74 Å². The number of fused-ring (bicyclic) bond motifs is 1. The molecule has 0 saturated carbocycles. The number of nitrogens with zero attached hydrogens (tertiary/aromatic N) is 5. The number of anilines is 1. The molecule has 8 heteroatoms. The van der Waals surface area contributed by atoms with E-state index in [1.165, 1.54) is 12.3 Å². The van der Waals surface area contributed by atoms with Crippen molar-refractivity contribution >= 4 is 11.7 Å². The molecule has 0 aliphatic carbocycles. The van der Waals surface area contributed by atoms with Gasteiger partial charge in [0.05, 0.1) is 30.7 Å². The van der Waals surface area contributed by atoms with Gasteiger partial charge in [0.2, 0.25) is 0 Å². The first-order chi connectivity index (χ1) is 12.7. The number of aromatic nitrogens is 3. The molecule has 2 aromatic heterocycles. The Hall–Kier alpha value is -2.61. The van der Waals surface area contributed by atoms with E-state index in [1.54, 1.807) is 11.2 Å². The minimum Gasteiger partial charge on any atom is -0.378 e. The number of carbonyl (C=O) groups is 1. The van der Waals surface area contributed by atoms with Crippen molar-refractivity contribution < 1.29 is 13.9 Å². The first-order valence-corrected chi connectivity index (χ1v) is 8.78. The topological polar surface area (TPSA) is 71.5 Å². The fraction of sp³-hybridized carbons (Fsp3) is 0.444. The molecule has 0 radical (unpaired) electrons. The summed E-state index contributed by atoms with van der Waals surface area (Å²) in [5, 5.41) is 0. The zero-order valence-electron chi connectivity index (χ0n) is 14.4. The summed E-state index contributed by atoms with van der Waals surface area (Å²) < 4.78 is 19.3. The van der Waals surface area contributed by atoms with E-state index >= 15 is 0 Å². The lowest BCUT2D eigenvalue weighted by molar-refractivity contribution is 0.0758. The van der Waals surface area contributed by atoms with Gasteiger partial charge in [-0.25, -0.2) is 14.4 Å². The fourth-order valence-corrected chi connectivity index (χ4v) is 3.48. The number of pyridine rings is 1. The molecule has 1 amide bonds. The lowest BCUT2D eigenvalue weighted by Gasteiger charge is -2.29. The quantitative estimate of drug-likeness (QED) is 0.801. The van der Waals surface area contributed by atoms with Crippen molar-refractivity contribution in [2.45, 2.75) is 12.8 Å². The van der Waals surface area contributed by atoms with E-state index in [2.05, 4.69) is 19.9 Å². The molecule has 7 nitrogen and oxygen atoms in total. The second kappa shape index (κ2) is 7.33. The van der Waals surface area contributed by atoms with Crippen LogP contribution >= 0.6 is 0 Å². The highest BCUT2D eigenvalue weighted by atomic mass is 19.1. The van der Waals surface area contributed by atoms with Gasteiger partial charge < -0.3 is 14.5 Å². The molecule has 0 bridgehead atoms. The second-order valence-corrected chi connectivity index (χ2v) is 6.37. The van der Waals surface area contributed by atoms with E-state index in [0.717, 1.165) is 36.4 Å². The summed E-state index contributed by atoms with van der Waals surface area (Å²) in [5.74, 6) is 0.0364. The van der Waals surface area contributed by atoms with Gasteiger partial charge in [0, 0.05) is 44.4 Å². The highest BCUT2D eigenvalue weighted by Crippen LogP contribution is 2.25. The Morgan fingerprint density at radius 3 is 2.73 bits per heavy atom. The van der Waals surface area contributed by atoms with Crippen LogP contribution in [0.5, 0.6) is 0 Å². The summed E-state index contributed by atoms with van der Waals surface area (Å²) in [7, 11) is 0. The zero-order valence-corrected chi connectivity index (χ0v) is 14.4. The van der Waals surface area contributed by atoms with Gasteiger partial charge >= 0.3 is 0 Å². The molecule has 0 spiro atoms. The van der Waals surface area contributed by atoms with Gasteiger partial charge in [0.25, 0.3) is 5.91 Å². The maximum Gasteiger partial charge on any atom is 0.256 e. The van der Waals surface area contributed by atoms with E-state index in [9.17, 15) is 9.18 Å². The third-order valence-electron chi connectivity index (χ3n) is 4.86. The normalized spacial score (nSPS) is 17.6. The van der Waals surface area contributed by atoms with Crippen molar-refractivity contribution in [1.29, 1.82) is 0 Å². The van der Waals surface area contributed by atoms with Gasteiger partial charge in [-0.15, -0.1) is 0 Å². The van der Waals surface area contributed by atoms with Crippen molar-refractivity contribution in [2.75, 3.05) is 44.3 Å². The molecular formula is C18H20FN5O2. The fourth-order valence-electron chi connectivity index (χ4n) is 3.48. The Kier molecular flexibility index (Phi) is 4.75. The van der Waals surface area contributed by atoms with Gasteiger partial charge in [-0.2, -0.15) is 0 Å². The van der Waals surface area contributed by atoms with Crippen molar-refractivity contribution in [3.8, 4) is 0 Å². The Morgan fingerprint density at radius 1 is 1.12 bits per heavy atom. The van der Waals surface area contributed by atoms with Crippen LogP contribution in [0.4, 0.5) is 10.2 Å². The number of rotatable bonds is 2. The number of hydrogen-bond donors (Lipinski definition) is 0. The van der Waals surface area contributed by atoms with Crippen LogP contribution in [-0.2, 0) is 17.6 Å². The monoisotopic (exact) mass is 357 g/mol. The van der Waals surface area contributed by atoms with Crippen molar-refractivity contribution in [3.05, 3.63) is 47.4 Å². The van der Waals surface area contributed by atoms with Crippen molar-refractivity contribution in [3.63, 3.8) is 0 Å². The highest BCUT2D eigenvalue weighted by molar-refractivity contribution is 5.94. The maximum atomic E-state index is 13.9. The van der Waals surface area contributed by atoms with E-state index in [1.807, 2.05) is 0 Å². The molecule has 0 aromatic carbocycles. The van der Waals surface area contributed by atoms with Gasteiger partial charge in [-0.05, 0) is 12.5 Å². The SMILES string of the molecule is O=C(c1ccncc1F)N1CCc2ncnc(N3CCOCC3)c2CC1. The van der Waals surface area contributed by atoms with Gasteiger partial charge in [0.1, 0.15) is 12.1 Å². The maximum absolute atomic E-state index is 13.9. The summed E-state index contributed by atoms with van der Waals surface area (Å²) in [5.41, 5.74) is 2.11. The number of halogens is 1. The van der Waals surface area contributed by atoms with Crippen LogP contribution in [0.3, 0.4) is 0 Å². The standard InChI is InChI=1S/C18H20FN5O2/c19-15-11-20-4-1-13(15)18(25)24-5-2-14-16(3-6-24)21-12-22-17(14)23-7-9-26-10-8-23/h1,4,11-12H,2-3,5-10H2. The summed E-state index contributed by atoms with van der Waals surface area (Å²) in [6, 6.07) is 1.43. The number of ether oxygens (including phenoxy) is 1. The number of morpholine rings is 1. The summed E-state index contributed by atoms with van der Waals surface area (Å²) >= 11 is 0. The molecule has 0 unspecified atom stereocenters. The van der Waals surface area contributed by atoms with Gasteiger partial charge in [-0.3, -0.25) is 9.78 Å². The molecule has 4 heterocycles. The lowest BCUT2D eigenvalue weighted by atomic mass is 10.1. The zero-order chi connectivity index (χ0) is 17.9. The lowest BCUT2D eigenvalue weighted by Crippen LogP contribution is -2.37. The Morgan fingerprint density at radius 2 is 1.92 bits per heavy atom. The van der Waals surface area contributed by atoms with Crippen LogP contribution in [-0.4, -0.2) is 65.2 Å². The first kappa shape index (κ1) is 16.8. The predicted octanol–water partition coefficient (Wildman–Crippen LogP) is 1.09. The third kappa shape index (κ3) is 3.24. The summed E-state index contributed by atoms with van der Waals surface area (Å²) in [4.78, 5) is 29.2. The summed E-state index contributed by atoms with van der Waals surface area (Å²) in [6.07, 6.45) is 5.38. The van der Waals surface area contributed by atoms with E-state index in [-0.39, 0.29) is 11.5 Å². The molecule has 2 aliphatic rings. The number of carbonyl (C=O) groups excluding carboxylic acids is 1. The minimum absolute atomic E-state index is 0.0606. The second-order valence-electron chi connectivity index (χ2n) is 6.37. The Bertz CT molecular complexity index is 810. The van der Waals surface area contributed by atoms with Crippen molar-refractivity contribution in [1.82, 2.24) is 19.9 Å². The smallest absolute Gasteiger partial charge is 0.256 e. The average molecular weight is 357 g/mol. The summed E-state index contributed by atoms with van der Waals surface area (Å²) in [6.45, 7) is 3.99. The van der Waals surface area contributed by atoms with E-state index in [0.29, 0.717) is 39.1 Å². The van der Waals surface area contributed by atoms with Crippen LogP contribution in [0.1, 0.15) is 21.6 Å². The first-order valence-electron chi connectivity index (χ1n) is 8.78. The third-order valence-corrected chi connectivity index (χ3v) is 4.86. The Balaban J connectivity index is 1.56. The van der Waals surface area contributed by atoms with Crippen LogP contribution in [0.2, 0.25) is 0 Å². The van der Waals surface area contributed by atoms with E-state index < -0.39 is 5.82 Å². The molecule has 2 aromatic rings. The average Bonchev–Trinajstić information content (AvgIpc) is 2.91. The van der Waals surface area contributed by atoms with Crippen LogP contribution in [0, 0.1) is 5.82 Å². The molecule has 136 valence electrons. The molecular weight excluding hydrogens is 337 g/mol. The highest BCUT2D eigenvalue weighted by Gasteiger charge is 2.26. The Labute approximate surface area is 150 Å². The van der Waals surface area contributed by atoms with Gasteiger partial charge in [0.15, 0.2) is 5.82 Å².